The van der Waals surface area contributed by atoms with Crippen molar-refractivity contribution >= 4 is 60.5 Å². The lowest BCUT2D eigenvalue weighted by Gasteiger charge is -2.10. The molecule has 2 aromatic carbocycles. The highest BCUT2D eigenvalue weighted by Gasteiger charge is 2.18. The van der Waals surface area contributed by atoms with E-state index >= 15 is 0 Å². The summed E-state index contributed by atoms with van der Waals surface area (Å²) in [5, 5.41) is 0.389. The van der Waals surface area contributed by atoms with E-state index < -0.39 is 10.0 Å². The molecule has 0 unspecified atom stereocenters. The number of nitrogens with one attached hydrogen (secondary N) is 1. The molecule has 20 heavy (non-hydrogen) atoms. The number of nitrogens with two attached hydrogens (primary N) is 1. The maximum Gasteiger partial charge on any atom is 0.263 e. The fraction of sp³-hybridized carbons (Fsp3) is 0. The summed E-state index contributed by atoms with van der Waals surface area (Å²) >= 11 is 15.0. The number of hydrogen-bond donors (Lipinski definition) is 2. The molecule has 8 heteroatoms. The van der Waals surface area contributed by atoms with Crippen molar-refractivity contribution in [3.63, 3.8) is 0 Å². The monoisotopic (exact) mass is 394 g/mol. The van der Waals surface area contributed by atoms with Gasteiger partial charge in [-0.15, -0.1) is 0 Å². The van der Waals surface area contributed by atoms with Gasteiger partial charge in [-0.05, 0) is 36.4 Å². The van der Waals surface area contributed by atoms with Gasteiger partial charge >= 0.3 is 0 Å². The summed E-state index contributed by atoms with van der Waals surface area (Å²) in [6, 6.07) is 8.98. The number of benzene rings is 2. The van der Waals surface area contributed by atoms with Gasteiger partial charge in [0.1, 0.15) is 4.90 Å². The first-order valence-corrected chi connectivity index (χ1v) is 8.36. The van der Waals surface area contributed by atoms with Crippen LogP contribution in [0.1, 0.15) is 0 Å². The zero-order valence-electron chi connectivity index (χ0n) is 9.90. The highest BCUT2D eigenvalue weighted by atomic mass is 79.9. The molecule has 2 aromatic rings. The Hall–Kier alpha value is -0.950. The molecular weight excluding hydrogens is 387 g/mol. The lowest BCUT2D eigenvalue weighted by Crippen LogP contribution is -2.13. The number of hydrogen-bond acceptors (Lipinski definition) is 3. The summed E-state index contributed by atoms with van der Waals surface area (Å²) in [5.41, 5.74) is 6.25. The minimum absolute atomic E-state index is 0.0182. The van der Waals surface area contributed by atoms with E-state index in [1.165, 1.54) is 30.3 Å². The highest BCUT2D eigenvalue weighted by molar-refractivity contribution is 9.10. The highest BCUT2D eigenvalue weighted by Crippen LogP contribution is 2.28. The third-order valence-corrected chi connectivity index (χ3v) is 5.12. The fourth-order valence-electron chi connectivity index (χ4n) is 1.49. The molecule has 0 bridgehead atoms. The SMILES string of the molecule is Nc1ccc(NS(=O)(=O)c2ccc(Br)cc2Cl)cc1Cl. The molecule has 0 spiro atoms. The summed E-state index contributed by atoms with van der Waals surface area (Å²) in [7, 11) is -3.79. The Balaban J connectivity index is 2.38. The first-order valence-electron chi connectivity index (χ1n) is 5.32. The van der Waals surface area contributed by atoms with E-state index in [0.29, 0.717) is 15.8 Å². The van der Waals surface area contributed by atoms with Gasteiger partial charge in [-0.2, -0.15) is 0 Å². The standard InChI is InChI=1S/C12H9BrCl2N2O2S/c13-7-1-4-12(10(15)5-7)20(18,19)17-8-2-3-11(16)9(14)6-8/h1-6,17H,16H2. The predicted molar refractivity (Wildman–Crippen MR) is 85.8 cm³/mol. The van der Waals surface area contributed by atoms with Crippen LogP contribution >= 0.6 is 39.1 Å². The van der Waals surface area contributed by atoms with Gasteiger partial charge in [-0.3, -0.25) is 4.72 Å². The Bertz CT molecular complexity index is 766. The van der Waals surface area contributed by atoms with Gasteiger partial charge in [0.2, 0.25) is 0 Å². The molecule has 0 saturated heterocycles. The number of sulfonamides is 1. The van der Waals surface area contributed by atoms with Crippen molar-refractivity contribution in [2.45, 2.75) is 4.90 Å². The summed E-state index contributed by atoms with van der Waals surface area (Å²) < 4.78 is 27.6. The quantitative estimate of drug-likeness (QED) is 0.767. The molecular formula is C12H9BrCl2N2O2S. The first-order chi connectivity index (χ1) is 9.29. The third-order valence-electron chi connectivity index (χ3n) is 2.44. The lowest BCUT2D eigenvalue weighted by molar-refractivity contribution is 0.601. The lowest BCUT2D eigenvalue weighted by atomic mass is 10.3. The zero-order valence-corrected chi connectivity index (χ0v) is 13.8. The van der Waals surface area contributed by atoms with Crippen LogP contribution in [0.4, 0.5) is 11.4 Å². The summed E-state index contributed by atoms with van der Waals surface area (Å²) in [4.78, 5) is -0.0182. The zero-order chi connectivity index (χ0) is 14.9. The molecule has 0 saturated carbocycles. The van der Waals surface area contributed by atoms with Crippen LogP contribution in [0.2, 0.25) is 10.0 Å². The molecule has 0 aliphatic heterocycles. The number of halogens is 3. The molecule has 0 radical (unpaired) electrons. The Morgan fingerprint density at radius 3 is 2.35 bits per heavy atom. The van der Waals surface area contributed by atoms with E-state index in [9.17, 15) is 8.42 Å². The van der Waals surface area contributed by atoms with Crippen LogP contribution in [-0.2, 0) is 10.0 Å². The maximum atomic E-state index is 12.2. The van der Waals surface area contributed by atoms with Crippen molar-refractivity contribution in [2.75, 3.05) is 10.5 Å². The second-order valence-corrected chi connectivity index (χ2v) is 7.30. The van der Waals surface area contributed by atoms with E-state index in [0.717, 1.165) is 0 Å². The molecule has 4 nitrogen and oxygen atoms in total. The normalized spacial score (nSPS) is 11.3. The molecule has 0 aliphatic carbocycles. The van der Waals surface area contributed by atoms with E-state index in [1.807, 2.05) is 0 Å². The Labute approximate surface area is 135 Å². The van der Waals surface area contributed by atoms with Crippen LogP contribution in [0.5, 0.6) is 0 Å². The third kappa shape index (κ3) is 3.38. The number of nitrogen functional groups attached to an aromatic ring is 1. The second-order valence-electron chi connectivity index (χ2n) is 3.92. The minimum atomic E-state index is -3.79. The molecule has 0 aromatic heterocycles. The van der Waals surface area contributed by atoms with Gasteiger partial charge in [0.05, 0.1) is 21.4 Å². The van der Waals surface area contributed by atoms with E-state index in [-0.39, 0.29) is 14.9 Å². The summed E-state index contributed by atoms with van der Waals surface area (Å²) in [6.45, 7) is 0. The van der Waals surface area contributed by atoms with E-state index in [2.05, 4.69) is 20.7 Å². The van der Waals surface area contributed by atoms with E-state index in [4.69, 9.17) is 28.9 Å². The van der Waals surface area contributed by atoms with Crippen LogP contribution < -0.4 is 10.5 Å². The van der Waals surface area contributed by atoms with Gasteiger partial charge in [0, 0.05) is 4.47 Å². The first kappa shape index (κ1) is 15.4. The number of anilines is 2. The Morgan fingerprint density at radius 1 is 1.05 bits per heavy atom. The summed E-state index contributed by atoms with van der Waals surface area (Å²) in [5.74, 6) is 0. The molecule has 3 N–H and O–H groups in total. The van der Waals surface area contributed by atoms with Gasteiger partial charge in [-0.1, -0.05) is 39.1 Å². The van der Waals surface area contributed by atoms with Crippen LogP contribution in [0.25, 0.3) is 0 Å². The molecule has 0 heterocycles. The fourth-order valence-corrected chi connectivity index (χ4v) is 3.76. The topological polar surface area (TPSA) is 72.2 Å². The molecule has 2 rings (SSSR count). The van der Waals surface area contributed by atoms with Crippen LogP contribution in [0.15, 0.2) is 45.8 Å². The van der Waals surface area contributed by atoms with Gasteiger partial charge < -0.3 is 5.73 Å². The minimum Gasteiger partial charge on any atom is -0.398 e. The smallest absolute Gasteiger partial charge is 0.263 e. The molecule has 106 valence electrons. The summed E-state index contributed by atoms with van der Waals surface area (Å²) in [6.07, 6.45) is 0. The Kier molecular flexibility index (Phi) is 4.49. The second kappa shape index (κ2) is 5.81. The molecule has 0 amide bonds. The molecule has 0 aliphatic rings. The maximum absolute atomic E-state index is 12.2. The van der Waals surface area contributed by atoms with Crippen LogP contribution in [-0.4, -0.2) is 8.42 Å². The molecule has 0 fully saturated rings. The van der Waals surface area contributed by atoms with Crippen molar-refractivity contribution in [2.24, 2.45) is 0 Å². The van der Waals surface area contributed by atoms with Crippen molar-refractivity contribution in [3.05, 3.63) is 50.9 Å². The van der Waals surface area contributed by atoms with Crippen molar-refractivity contribution in [1.29, 1.82) is 0 Å². The van der Waals surface area contributed by atoms with Crippen molar-refractivity contribution in [1.82, 2.24) is 0 Å². The van der Waals surface area contributed by atoms with Crippen molar-refractivity contribution in [3.8, 4) is 0 Å². The van der Waals surface area contributed by atoms with Crippen LogP contribution in [0, 0.1) is 0 Å². The van der Waals surface area contributed by atoms with E-state index in [1.54, 1.807) is 6.07 Å². The average Bonchev–Trinajstić information content (AvgIpc) is 2.33. The molecule has 0 atom stereocenters. The van der Waals surface area contributed by atoms with Gasteiger partial charge in [0.15, 0.2) is 0 Å². The van der Waals surface area contributed by atoms with Crippen molar-refractivity contribution < 1.29 is 8.42 Å². The van der Waals surface area contributed by atoms with Gasteiger partial charge in [-0.25, -0.2) is 8.42 Å². The predicted octanol–water partition coefficient (Wildman–Crippen LogP) is 4.14. The number of rotatable bonds is 3. The van der Waals surface area contributed by atoms with Crippen LogP contribution in [0.3, 0.4) is 0 Å². The van der Waals surface area contributed by atoms with Gasteiger partial charge in [0.25, 0.3) is 10.0 Å². The Morgan fingerprint density at radius 2 is 1.75 bits per heavy atom. The average molecular weight is 396 g/mol. The largest absolute Gasteiger partial charge is 0.398 e.